The Morgan fingerprint density at radius 3 is 2.73 bits per heavy atom. The molecule has 0 saturated carbocycles. The minimum absolute atomic E-state index is 0.164. The molecule has 2 rings (SSSR count). The molecule has 2 aromatic rings. The Morgan fingerprint density at radius 1 is 1.33 bits per heavy atom. The lowest BCUT2D eigenvalue weighted by molar-refractivity contribution is 0.407. The van der Waals surface area contributed by atoms with Crippen LogP contribution in [0.1, 0.15) is 5.69 Å². The van der Waals surface area contributed by atoms with Crippen LogP contribution in [0.3, 0.4) is 0 Å². The SMILES string of the molecule is COc1cc(O)cc(-n2ccc(C)n2)c1. The average molecular weight is 204 g/mol. The third-order valence-corrected chi connectivity index (χ3v) is 2.10. The summed E-state index contributed by atoms with van der Waals surface area (Å²) in [6.07, 6.45) is 1.84. The van der Waals surface area contributed by atoms with E-state index in [0.717, 1.165) is 11.4 Å². The Morgan fingerprint density at radius 2 is 2.13 bits per heavy atom. The molecule has 0 aliphatic carbocycles. The van der Waals surface area contributed by atoms with Crippen molar-refractivity contribution in [2.75, 3.05) is 7.11 Å². The fraction of sp³-hybridized carbons (Fsp3) is 0.182. The van der Waals surface area contributed by atoms with Crippen LogP contribution in [0.5, 0.6) is 11.5 Å². The van der Waals surface area contributed by atoms with Crippen molar-refractivity contribution in [3.63, 3.8) is 0 Å². The molecule has 0 aliphatic heterocycles. The highest BCUT2D eigenvalue weighted by Gasteiger charge is 2.03. The number of hydrogen-bond donors (Lipinski definition) is 1. The lowest BCUT2D eigenvalue weighted by Gasteiger charge is -2.05. The quantitative estimate of drug-likeness (QED) is 0.812. The Kier molecular flexibility index (Phi) is 2.33. The monoisotopic (exact) mass is 204 g/mol. The normalized spacial score (nSPS) is 10.3. The number of ether oxygens (including phenoxy) is 1. The second-order valence-electron chi connectivity index (χ2n) is 3.29. The van der Waals surface area contributed by atoms with Gasteiger partial charge >= 0.3 is 0 Å². The van der Waals surface area contributed by atoms with Gasteiger partial charge in [0, 0.05) is 24.4 Å². The molecule has 0 saturated heterocycles. The second-order valence-corrected chi connectivity index (χ2v) is 3.29. The standard InChI is InChI=1S/C11H12N2O2/c1-8-3-4-13(12-8)9-5-10(14)7-11(6-9)15-2/h3-7,14H,1-2H3. The van der Waals surface area contributed by atoms with Gasteiger partial charge in [-0.3, -0.25) is 0 Å². The molecule has 0 atom stereocenters. The number of nitrogens with zero attached hydrogens (tertiary/aromatic N) is 2. The van der Waals surface area contributed by atoms with Crippen molar-refractivity contribution in [1.82, 2.24) is 9.78 Å². The molecule has 0 fully saturated rings. The van der Waals surface area contributed by atoms with Gasteiger partial charge < -0.3 is 9.84 Å². The summed E-state index contributed by atoms with van der Waals surface area (Å²) >= 11 is 0. The lowest BCUT2D eigenvalue weighted by Crippen LogP contribution is -1.95. The van der Waals surface area contributed by atoms with Crippen molar-refractivity contribution in [2.24, 2.45) is 0 Å². The van der Waals surface area contributed by atoms with Gasteiger partial charge in [-0.05, 0) is 13.0 Å². The van der Waals surface area contributed by atoms with Crippen LogP contribution < -0.4 is 4.74 Å². The second kappa shape index (κ2) is 3.65. The molecule has 1 aromatic heterocycles. The van der Waals surface area contributed by atoms with E-state index >= 15 is 0 Å². The summed E-state index contributed by atoms with van der Waals surface area (Å²) in [7, 11) is 1.56. The van der Waals surface area contributed by atoms with E-state index in [-0.39, 0.29) is 5.75 Å². The van der Waals surface area contributed by atoms with Crippen LogP contribution in [-0.2, 0) is 0 Å². The van der Waals surface area contributed by atoms with Gasteiger partial charge in [0.2, 0.25) is 0 Å². The van der Waals surface area contributed by atoms with Crippen molar-refractivity contribution < 1.29 is 9.84 Å². The maximum absolute atomic E-state index is 9.47. The van der Waals surface area contributed by atoms with E-state index in [1.165, 1.54) is 0 Å². The Balaban J connectivity index is 2.48. The number of phenolic OH excluding ortho intramolecular Hbond substituents is 1. The number of hydrogen-bond acceptors (Lipinski definition) is 3. The van der Waals surface area contributed by atoms with Gasteiger partial charge in [0.15, 0.2) is 0 Å². The van der Waals surface area contributed by atoms with E-state index in [1.54, 1.807) is 23.9 Å². The van der Waals surface area contributed by atoms with Crippen LogP contribution >= 0.6 is 0 Å². The van der Waals surface area contributed by atoms with Gasteiger partial charge in [-0.15, -0.1) is 0 Å². The van der Waals surface area contributed by atoms with Crippen LogP contribution in [0.25, 0.3) is 5.69 Å². The molecular formula is C11H12N2O2. The van der Waals surface area contributed by atoms with Crippen molar-refractivity contribution >= 4 is 0 Å². The molecule has 0 unspecified atom stereocenters. The molecule has 0 spiro atoms. The first-order valence-corrected chi connectivity index (χ1v) is 4.60. The minimum Gasteiger partial charge on any atom is -0.508 e. The summed E-state index contributed by atoms with van der Waals surface area (Å²) in [5.74, 6) is 0.774. The van der Waals surface area contributed by atoms with Gasteiger partial charge in [0.1, 0.15) is 11.5 Å². The predicted octanol–water partition coefficient (Wildman–Crippen LogP) is 1.89. The molecule has 15 heavy (non-hydrogen) atoms. The zero-order chi connectivity index (χ0) is 10.8. The summed E-state index contributed by atoms with van der Waals surface area (Å²) < 4.78 is 6.75. The van der Waals surface area contributed by atoms with Crippen LogP contribution in [0.2, 0.25) is 0 Å². The zero-order valence-electron chi connectivity index (χ0n) is 8.64. The molecule has 1 aromatic carbocycles. The molecule has 0 aliphatic rings. The molecule has 0 amide bonds. The molecular weight excluding hydrogens is 192 g/mol. The maximum atomic E-state index is 9.47. The molecule has 4 nitrogen and oxygen atoms in total. The molecule has 0 bridgehead atoms. The number of rotatable bonds is 2. The topological polar surface area (TPSA) is 47.3 Å². The Hall–Kier alpha value is -1.97. The highest BCUT2D eigenvalue weighted by atomic mass is 16.5. The number of aryl methyl sites for hydroxylation is 1. The fourth-order valence-electron chi connectivity index (χ4n) is 1.38. The van der Waals surface area contributed by atoms with E-state index < -0.39 is 0 Å². The first kappa shape index (κ1) is 9.58. The first-order valence-electron chi connectivity index (χ1n) is 4.60. The largest absolute Gasteiger partial charge is 0.508 e. The number of phenols is 1. The molecule has 4 heteroatoms. The number of benzene rings is 1. The molecule has 1 heterocycles. The smallest absolute Gasteiger partial charge is 0.124 e. The van der Waals surface area contributed by atoms with Crippen molar-refractivity contribution in [2.45, 2.75) is 6.92 Å². The van der Waals surface area contributed by atoms with Gasteiger partial charge in [-0.1, -0.05) is 0 Å². The maximum Gasteiger partial charge on any atom is 0.124 e. The number of aromatic hydroxyl groups is 1. The third-order valence-electron chi connectivity index (χ3n) is 2.10. The van der Waals surface area contributed by atoms with Crippen LogP contribution in [0.4, 0.5) is 0 Å². The lowest BCUT2D eigenvalue weighted by atomic mass is 10.3. The summed E-state index contributed by atoms with van der Waals surface area (Å²) in [4.78, 5) is 0. The first-order chi connectivity index (χ1) is 7.19. The molecule has 78 valence electrons. The van der Waals surface area contributed by atoms with Crippen molar-refractivity contribution in [1.29, 1.82) is 0 Å². The van der Waals surface area contributed by atoms with E-state index in [9.17, 15) is 5.11 Å². The fourth-order valence-corrected chi connectivity index (χ4v) is 1.38. The van der Waals surface area contributed by atoms with Gasteiger partial charge in [0.05, 0.1) is 18.5 Å². The van der Waals surface area contributed by atoms with Crippen LogP contribution in [0, 0.1) is 6.92 Å². The number of methoxy groups -OCH3 is 1. The minimum atomic E-state index is 0.164. The van der Waals surface area contributed by atoms with Crippen molar-refractivity contribution in [3.8, 4) is 17.2 Å². The van der Waals surface area contributed by atoms with Gasteiger partial charge in [-0.25, -0.2) is 4.68 Å². The van der Waals surface area contributed by atoms with E-state index in [0.29, 0.717) is 5.75 Å². The Bertz CT molecular complexity index is 477. The van der Waals surface area contributed by atoms with E-state index in [4.69, 9.17) is 4.74 Å². The van der Waals surface area contributed by atoms with Gasteiger partial charge in [0.25, 0.3) is 0 Å². The van der Waals surface area contributed by atoms with E-state index in [2.05, 4.69) is 5.10 Å². The summed E-state index contributed by atoms with van der Waals surface area (Å²) in [5.41, 5.74) is 1.71. The van der Waals surface area contributed by atoms with Gasteiger partial charge in [-0.2, -0.15) is 5.10 Å². The highest BCUT2D eigenvalue weighted by Crippen LogP contribution is 2.23. The highest BCUT2D eigenvalue weighted by molar-refractivity contribution is 5.45. The summed E-state index contributed by atoms with van der Waals surface area (Å²) in [5, 5.41) is 13.7. The zero-order valence-corrected chi connectivity index (χ0v) is 8.64. The van der Waals surface area contributed by atoms with Crippen LogP contribution in [0.15, 0.2) is 30.5 Å². The molecule has 1 N–H and O–H groups in total. The van der Waals surface area contributed by atoms with Crippen LogP contribution in [-0.4, -0.2) is 22.0 Å². The average Bonchev–Trinajstić information content (AvgIpc) is 2.64. The summed E-state index contributed by atoms with van der Waals surface area (Å²) in [6, 6.07) is 6.90. The predicted molar refractivity (Wildman–Crippen MR) is 56.5 cm³/mol. The molecule has 0 radical (unpaired) electrons. The third kappa shape index (κ3) is 1.93. The van der Waals surface area contributed by atoms with E-state index in [1.807, 2.05) is 25.3 Å². The Labute approximate surface area is 87.7 Å². The summed E-state index contributed by atoms with van der Waals surface area (Å²) in [6.45, 7) is 1.91. The van der Waals surface area contributed by atoms with Crippen molar-refractivity contribution in [3.05, 3.63) is 36.2 Å². The number of aromatic nitrogens is 2.